The molecule has 0 aliphatic heterocycles. The lowest BCUT2D eigenvalue weighted by molar-refractivity contribution is 0.0954. The number of carbonyl (C=O) groups is 2. The molecular weight excluding hydrogens is 310 g/mol. The van der Waals surface area contributed by atoms with Crippen LogP contribution in [-0.2, 0) is 0 Å². The number of urea groups is 1. The topological polar surface area (TPSA) is 70.2 Å². The molecule has 0 aromatic heterocycles. The fourth-order valence-corrected chi connectivity index (χ4v) is 1.68. The number of halogens is 1. The molecule has 100 valence electrons. The van der Waals surface area contributed by atoms with Gasteiger partial charge in [-0.1, -0.05) is 27.9 Å². The van der Waals surface area contributed by atoms with Crippen LogP contribution in [0.5, 0.6) is 0 Å². The summed E-state index contributed by atoms with van der Waals surface area (Å²) in [6, 6.07) is 6.71. The molecule has 0 spiro atoms. The number of terminal acetylenes is 1. The average molecular weight is 324 g/mol. The summed E-state index contributed by atoms with van der Waals surface area (Å²) in [6.45, 7) is 0.848. The Labute approximate surface area is 120 Å². The highest BCUT2D eigenvalue weighted by Crippen LogP contribution is 2.11. The Kier molecular flexibility index (Phi) is 6.47. The van der Waals surface area contributed by atoms with E-state index >= 15 is 0 Å². The number of benzene rings is 1. The largest absolute Gasteiger partial charge is 0.350 e. The third kappa shape index (κ3) is 5.93. The Morgan fingerprint density at radius 1 is 1.21 bits per heavy atom. The molecule has 0 unspecified atom stereocenters. The summed E-state index contributed by atoms with van der Waals surface area (Å²) in [4.78, 5) is 22.9. The van der Waals surface area contributed by atoms with E-state index in [1.165, 1.54) is 0 Å². The molecule has 0 bridgehead atoms. The Hall–Kier alpha value is -2.00. The minimum absolute atomic E-state index is 0.177. The SMILES string of the molecule is C#CCNC(=O)NCCNC(=O)c1cccc(Br)c1. The second-order valence-electron chi connectivity index (χ2n) is 3.58. The van der Waals surface area contributed by atoms with Crippen LogP contribution in [0.25, 0.3) is 0 Å². The number of hydrogen-bond acceptors (Lipinski definition) is 2. The van der Waals surface area contributed by atoms with Crippen LogP contribution in [0, 0.1) is 12.3 Å². The number of rotatable bonds is 5. The zero-order valence-electron chi connectivity index (χ0n) is 10.2. The van der Waals surface area contributed by atoms with Crippen molar-refractivity contribution in [2.75, 3.05) is 19.6 Å². The molecule has 1 aromatic rings. The molecule has 19 heavy (non-hydrogen) atoms. The van der Waals surface area contributed by atoms with Crippen LogP contribution < -0.4 is 16.0 Å². The van der Waals surface area contributed by atoms with Gasteiger partial charge in [-0.25, -0.2) is 4.79 Å². The van der Waals surface area contributed by atoms with Crippen LogP contribution in [-0.4, -0.2) is 31.6 Å². The summed E-state index contributed by atoms with van der Waals surface area (Å²) in [5, 5.41) is 7.72. The highest BCUT2D eigenvalue weighted by Gasteiger charge is 2.05. The van der Waals surface area contributed by atoms with E-state index in [2.05, 4.69) is 37.8 Å². The molecule has 0 saturated heterocycles. The molecule has 1 rings (SSSR count). The van der Waals surface area contributed by atoms with E-state index in [9.17, 15) is 9.59 Å². The standard InChI is InChI=1S/C13H14BrN3O2/c1-2-6-16-13(19)17-8-7-15-12(18)10-4-3-5-11(14)9-10/h1,3-5,9H,6-8H2,(H,15,18)(H2,16,17,19). The van der Waals surface area contributed by atoms with Gasteiger partial charge in [0.25, 0.3) is 5.91 Å². The van der Waals surface area contributed by atoms with Gasteiger partial charge in [0.05, 0.1) is 6.54 Å². The zero-order chi connectivity index (χ0) is 14.1. The summed E-state index contributed by atoms with van der Waals surface area (Å²) in [7, 11) is 0. The molecule has 1 aromatic carbocycles. The van der Waals surface area contributed by atoms with Crippen molar-refractivity contribution in [1.82, 2.24) is 16.0 Å². The van der Waals surface area contributed by atoms with Crippen LogP contribution in [0.4, 0.5) is 4.79 Å². The van der Waals surface area contributed by atoms with Gasteiger partial charge in [0, 0.05) is 23.1 Å². The first-order valence-corrected chi connectivity index (χ1v) is 6.41. The lowest BCUT2D eigenvalue weighted by Crippen LogP contribution is -2.40. The molecule has 0 aliphatic carbocycles. The predicted octanol–water partition coefficient (Wildman–Crippen LogP) is 1.11. The van der Waals surface area contributed by atoms with E-state index in [-0.39, 0.29) is 18.5 Å². The van der Waals surface area contributed by atoms with Gasteiger partial charge in [0.15, 0.2) is 0 Å². The maximum absolute atomic E-state index is 11.7. The maximum Gasteiger partial charge on any atom is 0.315 e. The van der Waals surface area contributed by atoms with E-state index in [4.69, 9.17) is 6.42 Å². The van der Waals surface area contributed by atoms with Gasteiger partial charge in [-0.05, 0) is 18.2 Å². The number of amides is 3. The summed E-state index contributed by atoms with van der Waals surface area (Å²) in [6.07, 6.45) is 4.99. The van der Waals surface area contributed by atoms with E-state index < -0.39 is 0 Å². The molecular formula is C13H14BrN3O2. The van der Waals surface area contributed by atoms with Crippen molar-refractivity contribution >= 4 is 27.9 Å². The smallest absolute Gasteiger partial charge is 0.315 e. The zero-order valence-corrected chi connectivity index (χ0v) is 11.8. The monoisotopic (exact) mass is 323 g/mol. The Morgan fingerprint density at radius 3 is 2.63 bits per heavy atom. The lowest BCUT2D eigenvalue weighted by atomic mass is 10.2. The van der Waals surface area contributed by atoms with E-state index in [0.29, 0.717) is 18.7 Å². The molecule has 3 amide bonds. The summed E-state index contributed by atoms with van der Waals surface area (Å²) >= 11 is 3.29. The fourth-order valence-electron chi connectivity index (χ4n) is 1.28. The third-order valence-electron chi connectivity index (χ3n) is 2.13. The van der Waals surface area contributed by atoms with Gasteiger partial charge in [-0.15, -0.1) is 6.42 Å². The van der Waals surface area contributed by atoms with Crippen molar-refractivity contribution in [2.24, 2.45) is 0 Å². The minimum Gasteiger partial charge on any atom is -0.350 e. The van der Waals surface area contributed by atoms with Gasteiger partial charge in [-0.2, -0.15) is 0 Å². The normalized spacial score (nSPS) is 9.26. The second-order valence-corrected chi connectivity index (χ2v) is 4.50. The fraction of sp³-hybridized carbons (Fsp3) is 0.231. The van der Waals surface area contributed by atoms with Crippen molar-refractivity contribution in [3.05, 3.63) is 34.3 Å². The summed E-state index contributed by atoms with van der Waals surface area (Å²) in [5.41, 5.74) is 0.561. The first-order chi connectivity index (χ1) is 9.13. The number of nitrogens with one attached hydrogen (secondary N) is 3. The molecule has 3 N–H and O–H groups in total. The van der Waals surface area contributed by atoms with Gasteiger partial charge in [0.1, 0.15) is 0 Å². The Balaban J connectivity index is 2.25. The molecule has 0 radical (unpaired) electrons. The van der Waals surface area contributed by atoms with E-state index in [1.54, 1.807) is 18.2 Å². The second kappa shape index (κ2) is 8.16. The maximum atomic E-state index is 11.7. The minimum atomic E-state index is -0.352. The lowest BCUT2D eigenvalue weighted by Gasteiger charge is -2.07. The average Bonchev–Trinajstić information content (AvgIpc) is 2.41. The van der Waals surface area contributed by atoms with Crippen LogP contribution in [0.3, 0.4) is 0 Å². The molecule has 0 saturated carbocycles. The van der Waals surface area contributed by atoms with E-state index in [1.807, 2.05) is 6.07 Å². The summed E-state index contributed by atoms with van der Waals surface area (Å²) < 4.78 is 0.840. The Morgan fingerprint density at radius 2 is 1.95 bits per heavy atom. The molecule has 0 aliphatic rings. The van der Waals surface area contributed by atoms with Gasteiger partial charge < -0.3 is 16.0 Å². The summed E-state index contributed by atoms with van der Waals surface area (Å²) in [5.74, 6) is 2.10. The molecule has 5 nitrogen and oxygen atoms in total. The molecule has 0 heterocycles. The van der Waals surface area contributed by atoms with Gasteiger partial charge >= 0.3 is 6.03 Å². The first-order valence-electron chi connectivity index (χ1n) is 5.62. The molecule has 0 atom stereocenters. The van der Waals surface area contributed by atoms with E-state index in [0.717, 1.165) is 4.47 Å². The number of carbonyl (C=O) groups excluding carboxylic acids is 2. The molecule has 6 heteroatoms. The van der Waals surface area contributed by atoms with Crippen molar-refractivity contribution in [2.45, 2.75) is 0 Å². The van der Waals surface area contributed by atoms with Crippen LogP contribution in [0.2, 0.25) is 0 Å². The van der Waals surface area contributed by atoms with Crippen LogP contribution in [0.1, 0.15) is 10.4 Å². The quantitative estimate of drug-likeness (QED) is 0.561. The van der Waals surface area contributed by atoms with Crippen molar-refractivity contribution in [1.29, 1.82) is 0 Å². The molecule has 0 fully saturated rings. The van der Waals surface area contributed by atoms with Crippen molar-refractivity contribution in [3.63, 3.8) is 0 Å². The van der Waals surface area contributed by atoms with Crippen LogP contribution in [0.15, 0.2) is 28.7 Å². The third-order valence-corrected chi connectivity index (χ3v) is 2.63. The highest BCUT2D eigenvalue weighted by molar-refractivity contribution is 9.10. The van der Waals surface area contributed by atoms with Gasteiger partial charge in [0.2, 0.25) is 0 Å². The Bertz CT molecular complexity index is 497. The van der Waals surface area contributed by atoms with Crippen LogP contribution >= 0.6 is 15.9 Å². The van der Waals surface area contributed by atoms with Crippen molar-refractivity contribution < 1.29 is 9.59 Å². The van der Waals surface area contributed by atoms with Crippen molar-refractivity contribution in [3.8, 4) is 12.3 Å². The highest BCUT2D eigenvalue weighted by atomic mass is 79.9. The first kappa shape index (κ1) is 15.1. The van der Waals surface area contributed by atoms with Gasteiger partial charge in [-0.3, -0.25) is 4.79 Å². The number of hydrogen-bond donors (Lipinski definition) is 3. The predicted molar refractivity (Wildman–Crippen MR) is 76.7 cm³/mol.